The smallest absolute Gasteiger partial charge is 0.347 e. The second-order valence-corrected chi connectivity index (χ2v) is 15.0. The Balaban J connectivity index is 1.60. The number of benzene rings is 1. The first-order valence-electron chi connectivity index (χ1n) is 14.4. The summed E-state index contributed by atoms with van der Waals surface area (Å²) in [6.07, 6.45) is 3.06. The van der Waals surface area contributed by atoms with Gasteiger partial charge in [-0.1, -0.05) is 0 Å². The van der Waals surface area contributed by atoms with Crippen LogP contribution in [0.2, 0.25) is 0 Å². The zero-order chi connectivity index (χ0) is 30.7. The number of pyridine rings is 1. The van der Waals surface area contributed by atoms with Gasteiger partial charge in [-0.25, -0.2) is 9.18 Å². The third kappa shape index (κ3) is 6.83. The lowest BCUT2D eigenvalue weighted by atomic mass is 10.1. The van der Waals surface area contributed by atoms with Crippen LogP contribution in [0, 0.1) is 5.82 Å². The average molecular weight is 632 g/mol. The van der Waals surface area contributed by atoms with E-state index in [0.717, 1.165) is 18.9 Å². The van der Waals surface area contributed by atoms with Crippen LogP contribution >= 0.6 is 15.2 Å². The lowest BCUT2D eigenvalue weighted by Gasteiger charge is -2.39. The Morgan fingerprint density at radius 2 is 1.48 bits per heavy atom. The van der Waals surface area contributed by atoms with Gasteiger partial charge >= 0.3 is 21.2 Å². The monoisotopic (exact) mass is 631 g/mol. The number of rotatable bonds is 15. The van der Waals surface area contributed by atoms with Gasteiger partial charge in [0.05, 0.1) is 37.6 Å². The summed E-state index contributed by atoms with van der Waals surface area (Å²) in [5, 5.41) is 8.36. The van der Waals surface area contributed by atoms with Crippen LogP contribution in [0.25, 0.3) is 10.9 Å². The molecule has 1 N–H and O–H groups in total. The van der Waals surface area contributed by atoms with E-state index in [2.05, 4.69) is 0 Å². The van der Waals surface area contributed by atoms with E-state index in [1.165, 1.54) is 6.20 Å². The van der Waals surface area contributed by atoms with Gasteiger partial charge in [0.25, 0.3) is 0 Å². The average Bonchev–Trinajstić information content (AvgIpc) is 3.78. The second kappa shape index (κ2) is 13.7. The fraction of sp³-hybridized carbons (Fsp3) is 0.630. The summed E-state index contributed by atoms with van der Waals surface area (Å²) in [7, 11) is -7.83. The third-order valence-corrected chi connectivity index (χ3v) is 13.3. The maximum absolute atomic E-state index is 15.4. The number of fused-ring (bicyclic) bond motifs is 1. The van der Waals surface area contributed by atoms with Crippen molar-refractivity contribution in [1.29, 1.82) is 0 Å². The highest BCUT2D eigenvalue weighted by atomic mass is 31.2. The van der Waals surface area contributed by atoms with Gasteiger partial charge in [-0.15, -0.1) is 0 Å². The fourth-order valence-electron chi connectivity index (χ4n) is 5.32. The molecular formula is C27H40FN3O9P2. The standard InChI is InChI=1S/C27H40FN3O9P2/c1-5-37-41(35,38-6-2)25(42(36,39-7-3)40-8-4)18-29-11-13-30(14-12-29)24-16-23-20(15-22(24)28)26(32)21(27(33)34)17-31(23)19-9-10-19/h15-17,19,25H,5-14,18H2,1-4H3,(H,33,34). The van der Waals surface area contributed by atoms with E-state index in [4.69, 9.17) is 18.1 Å². The normalized spacial score (nSPS) is 17.0. The molecule has 0 unspecified atom stereocenters. The van der Waals surface area contributed by atoms with E-state index >= 15 is 4.39 Å². The van der Waals surface area contributed by atoms with Gasteiger partial charge in [0.2, 0.25) is 5.43 Å². The first kappa shape index (κ1) is 32.8. The van der Waals surface area contributed by atoms with Crippen molar-refractivity contribution in [2.75, 3.05) is 64.1 Å². The Labute approximate surface area is 244 Å². The van der Waals surface area contributed by atoms with Crippen LogP contribution in [-0.2, 0) is 27.2 Å². The Kier molecular flexibility index (Phi) is 10.7. The molecule has 42 heavy (non-hydrogen) atoms. The summed E-state index contributed by atoms with van der Waals surface area (Å²) >= 11 is 0. The van der Waals surface area contributed by atoms with Crippen LogP contribution in [-0.4, -0.2) is 85.1 Å². The molecule has 15 heteroatoms. The molecule has 2 aliphatic rings. The third-order valence-electron chi connectivity index (χ3n) is 7.37. The van der Waals surface area contributed by atoms with Gasteiger partial charge < -0.3 is 32.7 Å². The second-order valence-electron chi connectivity index (χ2n) is 10.2. The summed E-state index contributed by atoms with van der Waals surface area (Å²) in [5.41, 5.74) is -0.288. The summed E-state index contributed by atoms with van der Waals surface area (Å²) in [4.78, 5) is 28.3. The summed E-state index contributed by atoms with van der Waals surface area (Å²) in [6, 6.07) is 2.81. The van der Waals surface area contributed by atoms with Crippen LogP contribution in [0.15, 0.2) is 23.1 Å². The molecule has 1 aromatic carbocycles. The van der Waals surface area contributed by atoms with Gasteiger partial charge in [0.1, 0.15) is 11.4 Å². The Bertz CT molecular complexity index is 1390. The van der Waals surface area contributed by atoms with Crippen LogP contribution in [0.3, 0.4) is 0 Å². The molecule has 1 aromatic heterocycles. The number of carboxylic acids is 1. The van der Waals surface area contributed by atoms with Crippen molar-refractivity contribution in [2.24, 2.45) is 0 Å². The van der Waals surface area contributed by atoms with Gasteiger partial charge in [0.15, 0.2) is 5.40 Å². The molecule has 2 heterocycles. The summed E-state index contributed by atoms with van der Waals surface area (Å²) in [6.45, 7) is 8.71. The lowest BCUT2D eigenvalue weighted by molar-refractivity contribution is 0.0694. The largest absolute Gasteiger partial charge is 0.477 e. The Morgan fingerprint density at radius 3 is 1.93 bits per heavy atom. The topological polar surface area (TPSA) is 137 Å². The molecule has 1 saturated heterocycles. The Hall–Kier alpha value is -2.11. The molecule has 0 amide bonds. The van der Waals surface area contributed by atoms with Crippen molar-refractivity contribution in [3.05, 3.63) is 39.9 Å². The van der Waals surface area contributed by atoms with Gasteiger partial charge in [-0.3, -0.25) is 18.8 Å². The summed E-state index contributed by atoms with van der Waals surface area (Å²) in [5.74, 6) is -1.96. The number of hydrogen-bond donors (Lipinski definition) is 1. The lowest BCUT2D eigenvalue weighted by Crippen LogP contribution is -2.49. The van der Waals surface area contributed by atoms with Crippen molar-refractivity contribution in [3.63, 3.8) is 0 Å². The van der Waals surface area contributed by atoms with E-state index in [0.29, 0.717) is 37.4 Å². The molecule has 1 aliphatic carbocycles. The van der Waals surface area contributed by atoms with E-state index in [-0.39, 0.29) is 50.0 Å². The molecule has 4 rings (SSSR count). The number of carboxylic acid groups (broad SMARTS) is 1. The molecule has 234 valence electrons. The van der Waals surface area contributed by atoms with Crippen LogP contribution in [0.5, 0.6) is 0 Å². The SMILES string of the molecule is CCOP(=O)(OCC)C(CN1CCN(c2cc3c(cc2F)c(=O)c(C(=O)O)cn3C2CC2)CC1)P(=O)(OCC)OCC. The fourth-order valence-corrected chi connectivity index (χ4v) is 10.6. The number of aromatic carboxylic acids is 1. The maximum Gasteiger partial charge on any atom is 0.347 e. The number of carbonyl (C=O) groups is 1. The zero-order valence-corrected chi connectivity index (χ0v) is 26.3. The molecule has 0 radical (unpaired) electrons. The van der Waals surface area contributed by atoms with E-state index < -0.39 is 37.8 Å². The van der Waals surface area contributed by atoms with E-state index in [1.807, 2.05) is 9.80 Å². The van der Waals surface area contributed by atoms with Crippen LogP contribution < -0.4 is 10.3 Å². The number of hydrogen-bond acceptors (Lipinski definition) is 10. The number of nitrogens with zero attached hydrogens (tertiary/aromatic N) is 3. The van der Waals surface area contributed by atoms with E-state index in [9.17, 15) is 23.8 Å². The number of aromatic nitrogens is 1. The van der Waals surface area contributed by atoms with Crippen molar-refractivity contribution in [2.45, 2.75) is 52.0 Å². The molecule has 0 spiro atoms. The van der Waals surface area contributed by atoms with Crippen LogP contribution in [0.4, 0.5) is 10.1 Å². The summed E-state index contributed by atoms with van der Waals surface area (Å²) < 4.78 is 67.3. The highest BCUT2D eigenvalue weighted by Crippen LogP contribution is 2.70. The number of anilines is 1. The van der Waals surface area contributed by atoms with Gasteiger partial charge in [-0.05, 0) is 52.7 Å². The predicted molar refractivity (Wildman–Crippen MR) is 158 cm³/mol. The van der Waals surface area contributed by atoms with Crippen molar-refractivity contribution in [3.8, 4) is 0 Å². The van der Waals surface area contributed by atoms with Crippen molar-refractivity contribution >= 4 is 37.8 Å². The highest BCUT2D eigenvalue weighted by Gasteiger charge is 2.51. The molecule has 2 aromatic rings. The molecule has 1 aliphatic heterocycles. The number of piperazine rings is 1. The molecule has 0 bridgehead atoms. The minimum Gasteiger partial charge on any atom is -0.477 e. The minimum absolute atomic E-state index is 0.0368. The maximum atomic E-state index is 15.4. The first-order chi connectivity index (χ1) is 20.0. The van der Waals surface area contributed by atoms with E-state index in [1.54, 1.807) is 38.3 Å². The van der Waals surface area contributed by atoms with Crippen molar-refractivity contribution < 1.29 is 41.5 Å². The van der Waals surface area contributed by atoms with Crippen LogP contribution in [0.1, 0.15) is 56.9 Å². The molecule has 1 saturated carbocycles. The van der Waals surface area contributed by atoms with Crippen molar-refractivity contribution in [1.82, 2.24) is 9.47 Å². The van der Waals surface area contributed by atoms with Gasteiger partial charge in [0, 0.05) is 50.3 Å². The quantitative estimate of drug-likeness (QED) is 0.261. The molecule has 0 atom stereocenters. The highest BCUT2D eigenvalue weighted by molar-refractivity contribution is 7.72. The Morgan fingerprint density at radius 1 is 0.952 bits per heavy atom. The molecule has 12 nitrogen and oxygen atoms in total. The van der Waals surface area contributed by atoms with Gasteiger partial charge in [-0.2, -0.15) is 0 Å². The number of halogens is 1. The minimum atomic E-state index is -3.91. The molecule has 2 fully saturated rings. The zero-order valence-electron chi connectivity index (χ0n) is 24.5. The molecular weight excluding hydrogens is 591 g/mol. The first-order valence-corrected chi connectivity index (χ1v) is 17.6. The predicted octanol–water partition coefficient (Wildman–Crippen LogP) is 5.15.